The van der Waals surface area contributed by atoms with Crippen LogP contribution in [-0.2, 0) is 9.53 Å². The van der Waals surface area contributed by atoms with E-state index in [0.717, 1.165) is 11.1 Å². The van der Waals surface area contributed by atoms with Gasteiger partial charge in [-0.1, -0.05) is 48.5 Å². The summed E-state index contributed by atoms with van der Waals surface area (Å²) < 4.78 is 5.29. The summed E-state index contributed by atoms with van der Waals surface area (Å²) in [5.41, 5.74) is 9.66. The number of carbonyl (C=O) groups excluding carboxylic acids is 1. The highest BCUT2D eigenvalue weighted by molar-refractivity contribution is 6.19. The summed E-state index contributed by atoms with van der Waals surface area (Å²) in [4.78, 5) is 25.7. The standard InChI is InChI=1S/C24H19N7O2/c1-14-16(13-25)11-12-19(28-14)21(26)33-24(27)31-22-23(32)29-18-10-6-5-9-17(18)20(30-22)15-7-3-2-4-8-15/h2-12,22,26H,1H3,(H2,27,31)(H,29,32). The lowest BCUT2D eigenvalue weighted by molar-refractivity contribution is -0.117. The highest BCUT2D eigenvalue weighted by Gasteiger charge is 2.26. The van der Waals surface area contributed by atoms with E-state index in [-0.39, 0.29) is 11.6 Å². The Balaban J connectivity index is 1.65. The number of amides is 1. The molecule has 0 bridgehead atoms. The summed E-state index contributed by atoms with van der Waals surface area (Å²) in [6.45, 7) is 1.65. The quantitative estimate of drug-likeness (QED) is 0.425. The number of aryl methyl sites for hydroxylation is 1. The van der Waals surface area contributed by atoms with Gasteiger partial charge in [0.2, 0.25) is 12.1 Å². The number of carbonyl (C=O) groups is 1. The number of rotatable bonds is 3. The Hall–Kier alpha value is -4.84. The van der Waals surface area contributed by atoms with E-state index in [1.165, 1.54) is 12.1 Å². The largest absolute Gasteiger partial charge is 0.405 e. The number of ether oxygens (including phenoxy) is 1. The van der Waals surface area contributed by atoms with Crippen molar-refractivity contribution >= 4 is 29.2 Å². The summed E-state index contributed by atoms with van der Waals surface area (Å²) in [7, 11) is 0. The SMILES string of the molecule is Cc1nc(C(=N)O/C(N)=N/C2N=C(c3ccccc3)c3ccccc3NC2=O)ccc1C#N. The minimum absolute atomic E-state index is 0.177. The maximum atomic E-state index is 12.8. The van der Waals surface area contributed by atoms with Crippen LogP contribution in [-0.4, -0.2) is 34.7 Å². The van der Waals surface area contributed by atoms with Crippen LogP contribution >= 0.6 is 0 Å². The van der Waals surface area contributed by atoms with Gasteiger partial charge in [-0.2, -0.15) is 10.3 Å². The normalized spacial score (nSPS) is 15.4. The predicted molar refractivity (Wildman–Crippen MR) is 124 cm³/mol. The third kappa shape index (κ3) is 4.60. The third-order valence-electron chi connectivity index (χ3n) is 4.87. The molecule has 1 aliphatic rings. The number of nitrogens with one attached hydrogen (secondary N) is 2. The van der Waals surface area contributed by atoms with Crippen LogP contribution < -0.4 is 11.1 Å². The van der Waals surface area contributed by atoms with Gasteiger partial charge in [0.15, 0.2) is 0 Å². The second-order valence-electron chi connectivity index (χ2n) is 7.09. The van der Waals surface area contributed by atoms with Crippen molar-refractivity contribution in [2.45, 2.75) is 13.1 Å². The minimum Gasteiger partial charge on any atom is -0.405 e. The number of nitrogens with two attached hydrogens (primary N) is 1. The maximum absolute atomic E-state index is 12.8. The van der Waals surface area contributed by atoms with Gasteiger partial charge in [0, 0.05) is 11.1 Å². The van der Waals surface area contributed by atoms with Gasteiger partial charge in [-0.3, -0.25) is 10.2 Å². The van der Waals surface area contributed by atoms with Crippen LogP contribution in [0.15, 0.2) is 76.7 Å². The first-order valence-electron chi connectivity index (χ1n) is 9.97. The van der Waals surface area contributed by atoms with Crippen molar-refractivity contribution in [3.05, 3.63) is 94.8 Å². The highest BCUT2D eigenvalue weighted by Crippen LogP contribution is 2.24. The lowest BCUT2D eigenvalue weighted by atomic mass is 10.0. The number of benzene rings is 2. The Bertz CT molecular complexity index is 1340. The topological polar surface area (TPSA) is 150 Å². The number of aromatic nitrogens is 1. The van der Waals surface area contributed by atoms with Crippen molar-refractivity contribution < 1.29 is 9.53 Å². The van der Waals surface area contributed by atoms with Crippen molar-refractivity contribution in [2.75, 3.05) is 5.32 Å². The van der Waals surface area contributed by atoms with Crippen molar-refractivity contribution in [1.82, 2.24) is 4.98 Å². The van der Waals surface area contributed by atoms with Crippen molar-refractivity contribution in [1.29, 1.82) is 10.7 Å². The molecule has 3 aromatic rings. The van der Waals surface area contributed by atoms with Gasteiger partial charge in [0.1, 0.15) is 11.8 Å². The smallest absolute Gasteiger partial charge is 0.291 e. The number of nitrogens with zero attached hydrogens (tertiary/aromatic N) is 4. The molecule has 162 valence electrons. The Morgan fingerprint density at radius 2 is 1.88 bits per heavy atom. The fourth-order valence-electron chi connectivity index (χ4n) is 3.27. The first kappa shape index (κ1) is 21.4. The number of para-hydroxylation sites is 1. The molecule has 0 spiro atoms. The molecule has 1 atom stereocenters. The van der Waals surface area contributed by atoms with Crippen LogP contribution in [0.2, 0.25) is 0 Å². The Morgan fingerprint density at radius 3 is 2.61 bits per heavy atom. The molecule has 0 aliphatic carbocycles. The summed E-state index contributed by atoms with van der Waals surface area (Å²) in [6, 6.07) is 21.4. The minimum atomic E-state index is -1.23. The van der Waals surface area contributed by atoms with E-state index in [1.807, 2.05) is 54.6 Å². The molecule has 2 aromatic carbocycles. The second-order valence-corrected chi connectivity index (χ2v) is 7.09. The molecule has 33 heavy (non-hydrogen) atoms. The average molecular weight is 437 g/mol. The summed E-state index contributed by atoms with van der Waals surface area (Å²) in [5.74, 6) is -0.854. The molecule has 9 heteroatoms. The number of nitriles is 1. The van der Waals surface area contributed by atoms with E-state index in [4.69, 9.17) is 21.1 Å². The van der Waals surface area contributed by atoms with Crippen LogP contribution in [0.5, 0.6) is 0 Å². The van der Waals surface area contributed by atoms with Gasteiger partial charge in [0.25, 0.3) is 11.9 Å². The average Bonchev–Trinajstić information content (AvgIpc) is 2.95. The van der Waals surface area contributed by atoms with Gasteiger partial charge >= 0.3 is 0 Å². The number of fused-ring (bicyclic) bond motifs is 1. The van der Waals surface area contributed by atoms with Crippen molar-refractivity contribution in [2.24, 2.45) is 15.7 Å². The summed E-state index contributed by atoms with van der Waals surface area (Å²) >= 11 is 0. The Labute approximate surface area is 189 Å². The van der Waals surface area contributed by atoms with E-state index in [1.54, 1.807) is 13.0 Å². The first-order chi connectivity index (χ1) is 16.0. The van der Waals surface area contributed by atoms with E-state index < -0.39 is 18.1 Å². The Kier molecular flexibility index (Phi) is 5.91. The van der Waals surface area contributed by atoms with Crippen LogP contribution in [0.3, 0.4) is 0 Å². The third-order valence-corrected chi connectivity index (χ3v) is 4.87. The fraction of sp³-hybridized carbons (Fsp3) is 0.0833. The Morgan fingerprint density at radius 1 is 1.15 bits per heavy atom. The molecular weight excluding hydrogens is 418 g/mol. The molecule has 1 aromatic heterocycles. The fourth-order valence-corrected chi connectivity index (χ4v) is 3.27. The molecule has 1 amide bonds. The van der Waals surface area contributed by atoms with Gasteiger partial charge < -0.3 is 15.8 Å². The molecule has 0 fully saturated rings. The van der Waals surface area contributed by atoms with Crippen LogP contribution in [0.25, 0.3) is 0 Å². The summed E-state index contributed by atoms with van der Waals surface area (Å²) in [6.07, 6.45) is -1.23. The number of anilines is 1. The van der Waals surface area contributed by atoms with Gasteiger partial charge in [-0.25, -0.2) is 9.98 Å². The molecule has 0 radical (unpaired) electrons. The molecule has 0 saturated heterocycles. The van der Waals surface area contributed by atoms with Crippen LogP contribution in [0.4, 0.5) is 5.69 Å². The zero-order valence-electron chi connectivity index (χ0n) is 17.6. The van der Waals surface area contributed by atoms with Crippen LogP contribution in [0, 0.1) is 23.7 Å². The molecule has 0 saturated carbocycles. The number of aliphatic imine (C=N–C) groups is 2. The molecule has 1 aliphatic heterocycles. The lowest BCUT2D eigenvalue weighted by Crippen LogP contribution is -2.29. The second kappa shape index (κ2) is 9.11. The number of pyridine rings is 1. The summed E-state index contributed by atoms with van der Waals surface area (Å²) in [5, 5.41) is 20.0. The first-order valence-corrected chi connectivity index (χ1v) is 9.97. The van der Waals surface area contributed by atoms with Crippen molar-refractivity contribution in [3.8, 4) is 6.07 Å². The number of hydrogen-bond donors (Lipinski definition) is 3. The van der Waals surface area contributed by atoms with E-state index in [9.17, 15) is 4.79 Å². The predicted octanol–water partition coefficient (Wildman–Crippen LogP) is 2.73. The molecule has 4 N–H and O–H groups in total. The lowest BCUT2D eigenvalue weighted by Gasteiger charge is -2.10. The van der Waals surface area contributed by atoms with Gasteiger partial charge in [-0.05, 0) is 25.1 Å². The van der Waals surface area contributed by atoms with E-state index >= 15 is 0 Å². The molecular formula is C24H19N7O2. The monoisotopic (exact) mass is 437 g/mol. The van der Waals surface area contributed by atoms with E-state index in [2.05, 4.69) is 20.3 Å². The number of hydrogen-bond acceptors (Lipinski definition) is 7. The highest BCUT2D eigenvalue weighted by atomic mass is 16.5. The maximum Gasteiger partial charge on any atom is 0.291 e. The molecule has 4 rings (SSSR count). The number of amidine groups is 1. The van der Waals surface area contributed by atoms with Crippen molar-refractivity contribution in [3.63, 3.8) is 0 Å². The van der Waals surface area contributed by atoms with E-state index in [0.29, 0.717) is 22.7 Å². The zero-order chi connectivity index (χ0) is 23.4. The van der Waals surface area contributed by atoms with Crippen LogP contribution in [0.1, 0.15) is 28.1 Å². The number of benzodiazepines with no additional fused rings is 1. The zero-order valence-corrected chi connectivity index (χ0v) is 17.6. The molecule has 2 heterocycles. The van der Waals surface area contributed by atoms with Gasteiger partial charge in [-0.15, -0.1) is 0 Å². The van der Waals surface area contributed by atoms with Gasteiger partial charge in [0.05, 0.1) is 22.7 Å². The molecule has 1 unspecified atom stereocenters. The molecule has 9 nitrogen and oxygen atoms in total.